The smallest absolute Gasteiger partial charge is 0.123 e. The number of para-hydroxylation sites is 1. The lowest BCUT2D eigenvalue weighted by atomic mass is 10.1. The highest BCUT2D eigenvalue weighted by Gasteiger charge is 2.37. The average molecular weight is 203 g/mol. The predicted octanol–water partition coefficient (Wildman–Crippen LogP) is 2.13. The Morgan fingerprint density at radius 1 is 1.40 bits per heavy atom. The van der Waals surface area contributed by atoms with Crippen LogP contribution >= 0.6 is 0 Å². The van der Waals surface area contributed by atoms with Crippen molar-refractivity contribution in [1.29, 1.82) is 0 Å². The summed E-state index contributed by atoms with van der Waals surface area (Å²) in [6, 6.07) is 8.35. The molecule has 0 aromatic heterocycles. The van der Waals surface area contributed by atoms with Gasteiger partial charge in [0.25, 0.3) is 0 Å². The number of nitrogens with one attached hydrogen (secondary N) is 1. The first-order valence-corrected chi connectivity index (χ1v) is 5.75. The van der Waals surface area contributed by atoms with E-state index in [0.717, 1.165) is 18.7 Å². The summed E-state index contributed by atoms with van der Waals surface area (Å²) in [5.74, 6) is 1.07. The van der Waals surface area contributed by atoms with Crippen LogP contribution in [0.15, 0.2) is 24.3 Å². The maximum Gasteiger partial charge on any atom is 0.123 e. The lowest BCUT2D eigenvalue weighted by molar-refractivity contribution is 0.220. The molecule has 2 nitrogen and oxygen atoms in total. The van der Waals surface area contributed by atoms with E-state index in [1.165, 1.54) is 18.4 Å². The molecule has 2 aliphatic rings. The minimum absolute atomic E-state index is 0.333. The van der Waals surface area contributed by atoms with Crippen LogP contribution in [0, 0.1) is 0 Å². The fraction of sp³-hybridized carbons (Fsp3) is 0.538. The summed E-state index contributed by atoms with van der Waals surface area (Å²) in [5, 5.41) is 3.58. The van der Waals surface area contributed by atoms with E-state index in [-0.39, 0.29) is 0 Å². The fourth-order valence-electron chi connectivity index (χ4n) is 2.09. The standard InChI is InChI=1S/C13H17NO/c1-13(6-7-13)14-9-11-8-10-4-2-3-5-12(10)15-11/h2-5,11,14H,6-9H2,1H3. The van der Waals surface area contributed by atoms with Crippen molar-refractivity contribution in [3.05, 3.63) is 29.8 Å². The van der Waals surface area contributed by atoms with E-state index >= 15 is 0 Å². The molecule has 15 heavy (non-hydrogen) atoms. The van der Waals surface area contributed by atoms with Crippen LogP contribution in [-0.4, -0.2) is 18.2 Å². The number of ether oxygens (including phenoxy) is 1. The Kier molecular flexibility index (Phi) is 1.99. The lowest BCUT2D eigenvalue weighted by Gasteiger charge is -2.15. The van der Waals surface area contributed by atoms with Gasteiger partial charge in [0.15, 0.2) is 0 Å². The Balaban J connectivity index is 1.59. The molecule has 1 N–H and O–H groups in total. The van der Waals surface area contributed by atoms with Crippen LogP contribution in [0.3, 0.4) is 0 Å². The van der Waals surface area contributed by atoms with E-state index in [1.807, 2.05) is 6.07 Å². The van der Waals surface area contributed by atoms with Crippen molar-refractivity contribution in [1.82, 2.24) is 5.32 Å². The Labute approximate surface area is 90.6 Å². The zero-order valence-corrected chi connectivity index (χ0v) is 9.12. The Bertz CT molecular complexity index is 346. The van der Waals surface area contributed by atoms with E-state index in [2.05, 4.69) is 30.4 Å². The lowest BCUT2D eigenvalue weighted by Crippen LogP contribution is -2.37. The molecule has 1 aromatic carbocycles. The van der Waals surface area contributed by atoms with E-state index in [9.17, 15) is 0 Å². The molecule has 3 rings (SSSR count). The minimum atomic E-state index is 0.333. The van der Waals surface area contributed by atoms with Crippen molar-refractivity contribution < 1.29 is 4.74 Å². The van der Waals surface area contributed by atoms with Gasteiger partial charge in [0.1, 0.15) is 11.9 Å². The molecular weight excluding hydrogens is 186 g/mol. The maximum absolute atomic E-state index is 5.87. The molecule has 0 radical (unpaired) electrons. The molecule has 80 valence electrons. The second kappa shape index (κ2) is 3.24. The highest BCUT2D eigenvalue weighted by atomic mass is 16.5. The molecule has 0 amide bonds. The molecule has 0 spiro atoms. The van der Waals surface area contributed by atoms with Gasteiger partial charge in [-0.15, -0.1) is 0 Å². The van der Waals surface area contributed by atoms with Crippen LogP contribution in [0.4, 0.5) is 0 Å². The Morgan fingerprint density at radius 2 is 2.20 bits per heavy atom. The number of hydrogen-bond donors (Lipinski definition) is 1. The summed E-state index contributed by atoms with van der Waals surface area (Å²) in [4.78, 5) is 0. The first kappa shape index (κ1) is 9.22. The first-order valence-electron chi connectivity index (χ1n) is 5.75. The first-order chi connectivity index (χ1) is 7.25. The van der Waals surface area contributed by atoms with Gasteiger partial charge in [-0.3, -0.25) is 0 Å². The van der Waals surface area contributed by atoms with Crippen LogP contribution in [-0.2, 0) is 6.42 Å². The average Bonchev–Trinajstić information content (AvgIpc) is 2.83. The number of hydrogen-bond acceptors (Lipinski definition) is 2. The SMILES string of the molecule is CC1(NCC2Cc3ccccc3O2)CC1. The number of rotatable bonds is 3. The predicted molar refractivity (Wildman–Crippen MR) is 60.2 cm³/mol. The molecule has 1 unspecified atom stereocenters. The molecule has 2 heteroatoms. The molecule has 0 bridgehead atoms. The molecule has 1 aliphatic heterocycles. The van der Waals surface area contributed by atoms with E-state index in [4.69, 9.17) is 4.74 Å². The van der Waals surface area contributed by atoms with Crippen molar-refractivity contribution in [2.75, 3.05) is 6.54 Å². The highest BCUT2D eigenvalue weighted by molar-refractivity contribution is 5.37. The topological polar surface area (TPSA) is 21.3 Å². The van der Waals surface area contributed by atoms with Gasteiger partial charge in [-0.05, 0) is 31.4 Å². The second-order valence-corrected chi connectivity index (χ2v) is 4.99. The van der Waals surface area contributed by atoms with Crippen molar-refractivity contribution in [3.8, 4) is 5.75 Å². The molecule has 0 saturated heterocycles. The zero-order valence-electron chi connectivity index (χ0n) is 9.12. The Hall–Kier alpha value is -1.02. The van der Waals surface area contributed by atoms with Crippen molar-refractivity contribution >= 4 is 0 Å². The van der Waals surface area contributed by atoms with E-state index in [1.54, 1.807) is 0 Å². The zero-order chi connectivity index (χ0) is 10.3. The van der Waals surface area contributed by atoms with Crippen molar-refractivity contribution in [3.63, 3.8) is 0 Å². The quantitative estimate of drug-likeness (QED) is 0.812. The van der Waals surface area contributed by atoms with Crippen LogP contribution in [0.1, 0.15) is 25.3 Å². The fourth-order valence-corrected chi connectivity index (χ4v) is 2.09. The summed E-state index contributed by atoms with van der Waals surface area (Å²) in [5.41, 5.74) is 1.77. The normalized spacial score (nSPS) is 25.8. The van der Waals surface area contributed by atoms with E-state index < -0.39 is 0 Å². The van der Waals surface area contributed by atoms with Gasteiger partial charge < -0.3 is 10.1 Å². The van der Waals surface area contributed by atoms with Crippen molar-refractivity contribution in [2.24, 2.45) is 0 Å². The molecule has 1 aromatic rings. The Morgan fingerprint density at radius 3 is 2.93 bits per heavy atom. The highest BCUT2D eigenvalue weighted by Crippen LogP contribution is 2.35. The van der Waals surface area contributed by atoms with Gasteiger partial charge in [-0.25, -0.2) is 0 Å². The number of fused-ring (bicyclic) bond motifs is 1. The second-order valence-electron chi connectivity index (χ2n) is 4.99. The van der Waals surface area contributed by atoms with Gasteiger partial charge in [0.2, 0.25) is 0 Å². The van der Waals surface area contributed by atoms with E-state index in [0.29, 0.717) is 11.6 Å². The largest absolute Gasteiger partial charge is 0.488 e. The molecule has 1 heterocycles. The van der Waals surface area contributed by atoms with Gasteiger partial charge in [0.05, 0.1) is 0 Å². The van der Waals surface area contributed by atoms with Crippen LogP contribution < -0.4 is 10.1 Å². The van der Waals surface area contributed by atoms with Gasteiger partial charge in [-0.2, -0.15) is 0 Å². The summed E-state index contributed by atoms with van der Waals surface area (Å²) in [6.45, 7) is 3.26. The molecule has 1 atom stereocenters. The number of benzene rings is 1. The third kappa shape index (κ3) is 1.86. The molecule has 1 saturated carbocycles. The third-order valence-corrected chi connectivity index (χ3v) is 3.47. The molecule has 1 aliphatic carbocycles. The summed E-state index contributed by atoms with van der Waals surface area (Å²) >= 11 is 0. The van der Waals surface area contributed by atoms with Gasteiger partial charge in [-0.1, -0.05) is 18.2 Å². The molecular formula is C13H17NO. The molecule has 1 fully saturated rings. The third-order valence-electron chi connectivity index (χ3n) is 3.47. The van der Waals surface area contributed by atoms with Gasteiger partial charge >= 0.3 is 0 Å². The summed E-state index contributed by atoms with van der Waals surface area (Å²) in [7, 11) is 0. The monoisotopic (exact) mass is 203 g/mol. The van der Waals surface area contributed by atoms with Gasteiger partial charge in [0, 0.05) is 18.5 Å². The summed E-state index contributed by atoms with van der Waals surface area (Å²) < 4.78 is 5.87. The van der Waals surface area contributed by atoms with Crippen LogP contribution in [0.5, 0.6) is 5.75 Å². The summed E-state index contributed by atoms with van der Waals surface area (Å²) in [6.07, 6.45) is 4.01. The van der Waals surface area contributed by atoms with Crippen LogP contribution in [0.25, 0.3) is 0 Å². The van der Waals surface area contributed by atoms with Crippen molar-refractivity contribution in [2.45, 2.75) is 37.8 Å². The van der Waals surface area contributed by atoms with Crippen LogP contribution in [0.2, 0.25) is 0 Å². The maximum atomic E-state index is 5.87. The minimum Gasteiger partial charge on any atom is -0.488 e.